The molecule has 88 valence electrons. The molecule has 0 bridgehead atoms. The summed E-state index contributed by atoms with van der Waals surface area (Å²) in [5, 5.41) is 11.4. The first-order valence-electron chi connectivity index (χ1n) is 5.07. The zero-order valence-electron chi connectivity index (χ0n) is 9.49. The maximum Gasteiger partial charge on any atom is 0.323 e. The number of rotatable bonds is 4. The Morgan fingerprint density at radius 2 is 2.19 bits per heavy atom. The highest BCUT2D eigenvalue weighted by Crippen LogP contribution is 2.44. The summed E-state index contributed by atoms with van der Waals surface area (Å²) < 4.78 is 0. The van der Waals surface area contributed by atoms with Crippen LogP contribution in [0.4, 0.5) is 4.79 Å². The van der Waals surface area contributed by atoms with Crippen LogP contribution in [0.1, 0.15) is 20.3 Å². The molecule has 5 nitrogen and oxygen atoms in total. The van der Waals surface area contributed by atoms with Crippen molar-refractivity contribution >= 4 is 12.0 Å². The quantitative estimate of drug-likeness (QED) is 0.684. The second-order valence-corrected chi connectivity index (χ2v) is 4.65. The fraction of sp³-hybridized carbons (Fsp3) is 0.636. The molecule has 2 N–H and O–H groups in total. The van der Waals surface area contributed by atoms with Crippen molar-refractivity contribution in [1.82, 2.24) is 10.2 Å². The average molecular weight is 224 g/mol. The van der Waals surface area contributed by atoms with Gasteiger partial charge in [-0.15, -0.1) is 6.42 Å². The van der Waals surface area contributed by atoms with E-state index in [1.165, 1.54) is 0 Å². The third-order valence-corrected chi connectivity index (χ3v) is 2.71. The van der Waals surface area contributed by atoms with Crippen LogP contribution >= 0.6 is 0 Å². The molecule has 1 aliphatic carbocycles. The van der Waals surface area contributed by atoms with Gasteiger partial charge in [0, 0.05) is 6.04 Å². The van der Waals surface area contributed by atoms with Gasteiger partial charge in [0.25, 0.3) is 0 Å². The Bertz CT molecular complexity index is 344. The van der Waals surface area contributed by atoms with Gasteiger partial charge in [-0.2, -0.15) is 0 Å². The molecule has 0 heterocycles. The van der Waals surface area contributed by atoms with E-state index in [9.17, 15) is 9.59 Å². The van der Waals surface area contributed by atoms with Crippen LogP contribution in [0.5, 0.6) is 0 Å². The number of nitrogens with one attached hydrogen (secondary N) is 1. The Balaban J connectivity index is 2.48. The minimum Gasteiger partial charge on any atom is -0.480 e. The highest BCUT2D eigenvalue weighted by Gasteiger charge is 2.47. The molecule has 1 saturated carbocycles. The summed E-state index contributed by atoms with van der Waals surface area (Å²) in [6, 6.07) is -0.287. The molecule has 1 unspecified atom stereocenters. The first-order chi connectivity index (χ1) is 7.36. The number of amides is 2. The van der Waals surface area contributed by atoms with Crippen molar-refractivity contribution in [3.05, 3.63) is 0 Å². The number of hydrogen-bond donors (Lipinski definition) is 2. The van der Waals surface area contributed by atoms with Gasteiger partial charge in [0.1, 0.15) is 6.54 Å². The van der Waals surface area contributed by atoms with Gasteiger partial charge < -0.3 is 15.3 Å². The molecule has 0 radical (unpaired) electrons. The first-order valence-corrected chi connectivity index (χ1v) is 5.07. The van der Waals surface area contributed by atoms with Crippen LogP contribution in [-0.2, 0) is 4.79 Å². The smallest absolute Gasteiger partial charge is 0.323 e. The molecule has 1 fully saturated rings. The first kappa shape index (κ1) is 12.4. The lowest BCUT2D eigenvalue weighted by Gasteiger charge is -2.19. The van der Waals surface area contributed by atoms with Crippen molar-refractivity contribution in [3.63, 3.8) is 0 Å². The maximum atomic E-state index is 11.7. The van der Waals surface area contributed by atoms with Crippen molar-refractivity contribution in [1.29, 1.82) is 0 Å². The summed E-state index contributed by atoms with van der Waals surface area (Å²) in [5.41, 5.74) is 0.112. The number of carboxylic acid groups (broad SMARTS) is 1. The molecular weight excluding hydrogens is 208 g/mol. The number of carbonyl (C=O) groups excluding carboxylic acids is 1. The summed E-state index contributed by atoms with van der Waals surface area (Å²) >= 11 is 0. The summed E-state index contributed by atoms with van der Waals surface area (Å²) in [7, 11) is 0. The third kappa shape index (κ3) is 3.16. The van der Waals surface area contributed by atoms with Gasteiger partial charge in [0.15, 0.2) is 0 Å². The van der Waals surface area contributed by atoms with E-state index in [0.717, 1.165) is 11.3 Å². The molecule has 2 amide bonds. The molecule has 16 heavy (non-hydrogen) atoms. The van der Waals surface area contributed by atoms with Crippen LogP contribution in [-0.4, -0.2) is 41.1 Å². The van der Waals surface area contributed by atoms with E-state index >= 15 is 0 Å². The van der Waals surface area contributed by atoms with E-state index < -0.39 is 12.0 Å². The van der Waals surface area contributed by atoms with E-state index in [-0.39, 0.29) is 24.5 Å². The van der Waals surface area contributed by atoms with Crippen LogP contribution in [0.3, 0.4) is 0 Å². The van der Waals surface area contributed by atoms with Crippen molar-refractivity contribution in [3.8, 4) is 12.3 Å². The van der Waals surface area contributed by atoms with Crippen LogP contribution < -0.4 is 5.32 Å². The Hall–Kier alpha value is -1.70. The predicted octanol–water partition coefficient (Wildman–Crippen LogP) is 0.514. The maximum absolute atomic E-state index is 11.7. The molecule has 5 heteroatoms. The summed E-state index contributed by atoms with van der Waals surface area (Å²) in [5.74, 6) is 1.20. The predicted molar refractivity (Wildman–Crippen MR) is 58.8 cm³/mol. The Kier molecular flexibility index (Phi) is 3.43. The fourth-order valence-electron chi connectivity index (χ4n) is 1.43. The van der Waals surface area contributed by atoms with Crippen LogP contribution in [0, 0.1) is 17.8 Å². The zero-order valence-corrected chi connectivity index (χ0v) is 9.49. The van der Waals surface area contributed by atoms with E-state index in [4.69, 9.17) is 11.5 Å². The number of urea groups is 1. The van der Waals surface area contributed by atoms with E-state index in [2.05, 4.69) is 11.2 Å². The lowest BCUT2D eigenvalue weighted by molar-refractivity contribution is -0.137. The fourth-order valence-corrected chi connectivity index (χ4v) is 1.43. The number of carboxylic acids is 1. The number of aliphatic carboxylic acids is 1. The monoisotopic (exact) mass is 224 g/mol. The Labute approximate surface area is 94.8 Å². The SMILES string of the molecule is C#CCN(CC(=O)O)C(=O)NC1CC1(C)C. The molecule has 1 atom stereocenters. The lowest BCUT2D eigenvalue weighted by atomic mass is 10.2. The van der Waals surface area contributed by atoms with Gasteiger partial charge >= 0.3 is 12.0 Å². The standard InChI is InChI=1S/C11H16N2O3/c1-4-5-13(7-9(14)15)10(16)12-8-6-11(8,2)3/h1,8H,5-7H2,2-3H3,(H,12,16)(H,14,15). The van der Waals surface area contributed by atoms with Gasteiger partial charge in [-0.3, -0.25) is 4.79 Å². The second-order valence-electron chi connectivity index (χ2n) is 4.65. The van der Waals surface area contributed by atoms with Crippen LogP contribution in [0.2, 0.25) is 0 Å². The third-order valence-electron chi connectivity index (χ3n) is 2.71. The van der Waals surface area contributed by atoms with Crippen molar-refractivity contribution in [2.24, 2.45) is 5.41 Å². The second kappa shape index (κ2) is 4.44. The number of hydrogen-bond acceptors (Lipinski definition) is 2. The van der Waals surface area contributed by atoms with Gasteiger partial charge in [-0.05, 0) is 11.8 Å². The van der Waals surface area contributed by atoms with Gasteiger partial charge in [0.05, 0.1) is 6.54 Å². The summed E-state index contributed by atoms with van der Waals surface area (Å²) in [6.45, 7) is 3.72. The molecule has 0 saturated heterocycles. The number of terminal acetylenes is 1. The van der Waals surface area contributed by atoms with E-state index in [1.54, 1.807) is 0 Å². The molecule has 1 aliphatic rings. The largest absolute Gasteiger partial charge is 0.480 e. The topological polar surface area (TPSA) is 69.6 Å². The minimum absolute atomic E-state index is 0.00524. The van der Waals surface area contributed by atoms with Gasteiger partial charge in [0.2, 0.25) is 0 Å². The highest BCUT2D eigenvalue weighted by atomic mass is 16.4. The van der Waals surface area contributed by atoms with Crippen molar-refractivity contribution in [2.75, 3.05) is 13.1 Å². The van der Waals surface area contributed by atoms with Crippen LogP contribution in [0.25, 0.3) is 0 Å². The average Bonchev–Trinajstić information content (AvgIpc) is 2.72. The normalized spacial score (nSPS) is 20.7. The lowest BCUT2D eigenvalue weighted by Crippen LogP contribution is -2.44. The van der Waals surface area contributed by atoms with Gasteiger partial charge in [-0.25, -0.2) is 4.79 Å². The van der Waals surface area contributed by atoms with Crippen LogP contribution in [0.15, 0.2) is 0 Å². The zero-order chi connectivity index (χ0) is 12.3. The summed E-state index contributed by atoms with van der Waals surface area (Å²) in [4.78, 5) is 23.3. The van der Waals surface area contributed by atoms with E-state index in [1.807, 2.05) is 13.8 Å². The Morgan fingerprint density at radius 3 is 2.56 bits per heavy atom. The number of nitrogens with zero attached hydrogens (tertiary/aromatic N) is 1. The molecule has 0 aromatic rings. The Morgan fingerprint density at radius 1 is 1.62 bits per heavy atom. The molecule has 0 aliphatic heterocycles. The van der Waals surface area contributed by atoms with Crippen molar-refractivity contribution in [2.45, 2.75) is 26.3 Å². The molecule has 1 rings (SSSR count). The molecule has 0 aromatic carbocycles. The highest BCUT2D eigenvalue weighted by molar-refractivity contribution is 5.80. The van der Waals surface area contributed by atoms with E-state index in [0.29, 0.717) is 0 Å². The number of carbonyl (C=O) groups is 2. The van der Waals surface area contributed by atoms with Crippen molar-refractivity contribution < 1.29 is 14.7 Å². The molecule has 0 spiro atoms. The van der Waals surface area contributed by atoms with Gasteiger partial charge in [-0.1, -0.05) is 19.8 Å². The minimum atomic E-state index is -1.07. The molecular formula is C11H16N2O3. The summed E-state index contributed by atoms with van der Waals surface area (Å²) in [6.07, 6.45) is 5.99. The molecule has 0 aromatic heterocycles.